The van der Waals surface area contributed by atoms with Crippen molar-refractivity contribution in [2.75, 3.05) is 29.9 Å². The van der Waals surface area contributed by atoms with Crippen LogP contribution in [-0.2, 0) is 24.3 Å². The molecule has 0 spiro atoms. The molecule has 38 heavy (non-hydrogen) atoms. The van der Waals surface area contributed by atoms with E-state index in [1.807, 2.05) is 6.92 Å². The van der Waals surface area contributed by atoms with E-state index in [4.69, 9.17) is 37.4 Å². The van der Waals surface area contributed by atoms with E-state index in [1.54, 1.807) is 12.1 Å². The van der Waals surface area contributed by atoms with Crippen LogP contribution in [0.2, 0.25) is 10.0 Å². The number of anilines is 2. The predicted molar refractivity (Wildman–Crippen MR) is 144 cm³/mol. The minimum Gasteiger partial charge on any atom is -0.494 e. The van der Waals surface area contributed by atoms with Crippen molar-refractivity contribution in [3.8, 4) is 11.5 Å². The van der Waals surface area contributed by atoms with Gasteiger partial charge >= 0.3 is 5.97 Å². The smallest absolute Gasteiger partial charge is 0.344 e. The highest BCUT2D eigenvalue weighted by Crippen LogP contribution is 2.26. The monoisotopic (exact) mass is 581 g/mol. The standard InChI is InChI=1S/C25H25Cl2N3O7S/c1-4-35-19-9-11-21(12-10-19)38(33,34)30(3)18-5-7-20(8-6-18)36-15-23(31)37-16(2)25(32)29-24-22(27)13-17(26)14-28-24/h5-14,16H,4,15H2,1-3H3,(H,28,29,32)/t16-/m1/s1. The second-order valence-corrected chi connectivity index (χ2v) is 10.6. The van der Waals surface area contributed by atoms with Crippen LogP contribution in [0, 0.1) is 0 Å². The van der Waals surface area contributed by atoms with Crippen LogP contribution in [0.25, 0.3) is 0 Å². The SMILES string of the molecule is CCOc1ccc(S(=O)(=O)N(C)c2ccc(OCC(=O)O[C@H](C)C(=O)Nc3ncc(Cl)cc3Cl)cc2)cc1. The third kappa shape index (κ3) is 7.50. The van der Waals surface area contributed by atoms with Crippen molar-refractivity contribution in [3.63, 3.8) is 0 Å². The Bertz CT molecular complexity index is 1390. The Morgan fingerprint density at radius 2 is 1.63 bits per heavy atom. The molecule has 0 saturated carbocycles. The zero-order valence-corrected chi connectivity index (χ0v) is 23.0. The molecule has 0 aliphatic heterocycles. The van der Waals surface area contributed by atoms with Gasteiger partial charge in [-0.15, -0.1) is 0 Å². The molecule has 10 nitrogen and oxygen atoms in total. The van der Waals surface area contributed by atoms with Crippen molar-refractivity contribution < 1.29 is 32.2 Å². The summed E-state index contributed by atoms with van der Waals surface area (Å²) in [5.74, 6) is -0.480. The van der Waals surface area contributed by atoms with E-state index in [0.29, 0.717) is 28.8 Å². The molecule has 3 rings (SSSR count). The highest BCUT2D eigenvalue weighted by molar-refractivity contribution is 7.92. The summed E-state index contributed by atoms with van der Waals surface area (Å²) in [6.45, 7) is 3.22. The van der Waals surface area contributed by atoms with E-state index in [0.717, 1.165) is 4.31 Å². The molecule has 3 aromatic rings. The van der Waals surface area contributed by atoms with Gasteiger partial charge in [0.15, 0.2) is 18.5 Å². The number of hydrogen-bond acceptors (Lipinski definition) is 8. The first-order chi connectivity index (χ1) is 18.0. The molecule has 1 heterocycles. The minimum absolute atomic E-state index is 0.0785. The van der Waals surface area contributed by atoms with Gasteiger partial charge in [0.1, 0.15) is 11.5 Å². The molecule has 0 fully saturated rings. The number of nitrogens with one attached hydrogen (secondary N) is 1. The van der Waals surface area contributed by atoms with E-state index in [-0.39, 0.29) is 15.7 Å². The highest BCUT2D eigenvalue weighted by Gasteiger charge is 2.22. The molecule has 1 N–H and O–H groups in total. The van der Waals surface area contributed by atoms with Gasteiger partial charge in [0.2, 0.25) is 0 Å². The average molecular weight is 582 g/mol. The summed E-state index contributed by atoms with van der Waals surface area (Å²) in [7, 11) is -2.38. The zero-order chi connectivity index (χ0) is 27.9. The molecule has 1 atom stereocenters. The predicted octanol–water partition coefficient (Wildman–Crippen LogP) is 4.56. The molecule has 13 heteroatoms. The van der Waals surface area contributed by atoms with Crippen molar-refractivity contribution >= 4 is 56.6 Å². The number of ether oxygens (including phenoxy) is 3. The first kappa shape index (κ1) is 29.0. The normalized spacial score (nSPS) is 11.8. The first-order valence-corrected chi connectivity index (χ1v) is 13.5. The van der Waals surface area contributed by atoms with Gasteiger partial charge in [0.25, 0.3) is 15.9 Å². The molecule has 0 unspecified atom stereocenters. The number of carbonyl (C=O) groups is 2. The largest absolute Gasteiger partial charge is 0.494 e. The fraction of sp³-hybridized carbons (Fsp3) is 0.240. The van der Waals surface area contributed by atoms with E-state index < -0.39 is 34.6 Å². The quantitative estimate of drug-likeness (QED) is 0.327. The lowest BCUT2D eigenvalue weighted by Gasteiger charge is -2.20. The van der Waals surface area contributed by atoms with Crippen molar-refractivity contribution in [1.29, 1.82) is 0 Å². The third-order valence-electron chi connectivity index (χ3n) is 5.08. The Morgan fingerprint density at radius 3 is 2.24 bits per heavy atom. The topological polar surface area (TPSA) is 124 Å². The second-order valence-electron chi connectivity index (χ2n) is 7.76. The molecule has 0 bridgehead atoms. The van der Waals surface area contributed by atoms with Gasteiger partial charge in [-0.05, 0) is 68.4 Å². The maximum atomic E-state index is 13.0. The zero-order valence-electron chi connectivity index (χ0n) is 20.7. The Kier molecular flexibility index (Phi) is 9.78. The molecule has 0 aliphatic rings. The summed E-state index contributed by atoms with van der Waals surface area (Å²) in [5.41, 5.74) is 0.383. The van der Waals surface area contributed by atoms with E-state index >= 15 is 0 Å². The highest BCUT2D eigenvalue weighted by atomic mass is 35.5. The van der Waals surface area contributed by atoms with Crippen LogP contribution in [0.3, 0.4) is 0 Å². The van der Waals surface area contributed by atoms with E-state index in [1.165, 1.54) is 62.6 Å². The van der Waals surface area contributed by atoms with Gasteiger partial charge in [-0.2, -0.15) is 0 Å². The molecule has 2 aromatic carbocycles. The molecular weight excluding hydrogens is 557 g/mol. The molecular formula is C25H25Cl2N3O7S. The summed E-state index contributed by atoms with van der Waals surface area (Å²) < 4.78 is 42.9. The fourth-order valence-electron chi connectivity index (χ4n) is 3.08. The van der Waals surface area contributed by atoms with Crippen LogP contribution in [-0.4, -0.2) is 51.6 Å². The van der Waals surface area contributed by atoms with Gasteiger partial charge < -0.3 is 19.5 Å². The number of aromatic nitrogens is 1. The van der Waals surface area contributed by atoms with E-state index in [9.17, 15) is 18.0 Å². The average Bonchev–Trinajstić information content (AvgIpc) is 2.89. The lowest BCUT2D eigenvalue weighted by molar-refractivity contribution is -0.155. The van der Waals surface area contributed by atoms with Gasteiger partial charge in [-0.1, -0.05) is 23.2 Å². The number of sulfonamides is 1. The van der Waals surface area contributed by atoms with Crippen LogP contribution < -0.4 is 19.1 Å². The third-order valence-corrected chi connectivity index (χ3v) is 7.37. The number of benzene rings is 2. The number of amides is 1. The lowest BCUT2D eigenvalue weighted by Crippen LogP contribution is -2.32. The minimum atomic E-state index is -3.81. The number of pyridine rings is 1. The van der Waals surface area contributed by atoms with Crippen molar-refractivity contribution in [1.82, 2.24) is 4.98 Å². The Morgan fingerprint density at radius 1 is 1.03 bits per heavy atom. The number of halogens is 2. The summed E-state index contributed by atoms with van der Waals surface area (Å²) in [6, 6.07) is 13.6. The Hall–Kier alpha value is -3.54. The van der Waals surface area contributed by atoms with Crippen LogP contribution in [0.1, 0.15) is 13.8 Å². The van der Waals surface area contributed by atoms with Gasteiger partial charge in [-0.3, -0.25) is 9.10 Å². The van der Waals surface area contributed by atoms with Crippen molar-refractivity contribution in [2.45, 2.75) is 24.8 Å². The van der Waals surface area contributed by atoms with Gasteiger partial charge in [-0.25, -0.2) is 18.2 Å². The van der Waals surface area contributed by atoms with Crippen LogP contribution in [0.5, 0.6) is 11.5 Å². The number of esters is 1. The molecule has 0 radical (unpaired) electrons. The van der Waals surface area contributed by atoms with E-state index in [2.05, 4.69) is 10.3 Å². The Balaban J connectivity index is 1.53. The lowest BCUT2D eigenvalue weighted by atomic mass is 10.3. The van der Waals surface area contributed by atoms with Crippen molar-refractivity contribution in [3.05, 3.63) is 70.8 Å². The summed E-state index contributed by atoms with van der Waals surface area (Å²) in [6.07, 6.45) is 0.162. The van der Waals surface area contributed by atoms with Crippen LogP contribution in [0.4, 0.5) is 11.5 Å². The number of carbonyl (C=O) groups excluding carboxylic acids is 2. The molecule has 0 saturated heterocycles. The number of rotatable bonds is 11. The van der Waals surface area contributed by atoms with Crippen LogP contribution >= 0.6 is 23.2 Å². The molecule has 1 aromatic heterocycles. The number of nitrogens with zero attached hydrogens (tertiary/aromatic N) is 2. The summed E-state index contributed by atoms with van der Waals surface area (Å²) in [4.78, 5) is 28.4. The van der Waals surface area contributed by atoms with Gasteiger partial charge in [0.05, 0.1) is 27.2 Å². The number of hydrogen-bond donors (Lipinski definition) is 1. The fourth-order valence-corrected chi connectivity index (χ4v) is 4.70. The van der Waals surface area contributed by atoms with Gasteiger partial charge in [0, 0.05) is 13.2 Å². The molecule has 1 amide bonds. The Labute approximate surface area is 230 Å². The maximum absolute atomic E-state index is 13.0. The first-order valence-electron chi connectivity index (χ1n) is 11.3. The molecule has 202 valence electrons. The van der Waals surface area contributed by atoms with Crippen LogP contribution in [0.15, 0.2) is 65.7 Å². The van der Waals surface area contributed by atoms with Crippen molar-refractivity contribution in [2.24, 2.45) is 0 Å². The second kappa shape index (κ2) is 12.8. The summed E-state index contributed by atoms with van der Waals surface area (Å²) in [5, 5.41) is 2.88. The molecule has 0 aliphatic carbocycles. The maximum Gasteiger partial charge on any atom is 0.344 e. The summed E-state index contributed by atoms with van der Waals surface area (Å²) >= 11 is 11.8.